The average molecular weight is 2060 g/mol. The first-order valence-corrected chi connectivity index (χ1v) is 49.9. The SMILES string of the molecule is CN1CCC(O)CC1.COc1ccc(CN2C(=O)C3(CCC3)c3cc(N)cc(OC4CCN(C)CC4)c32)cc1.COc1ccc(CN2C(=O)C3(CCC3)c3cc([N+](=O)[O-])cc(Br)c32)cc1.COc1ccc(CN2C(=O)C3(CCC3)c3cc([N+](=O)[O-])cc(O)c32)cc1.COc1ccc(CN2C(=O)C3(CCC3)c3cc([N+](=O)[O-])cc(OC4CCN(C)CC4)c32)cc1.O=C1Cc2c(Br)cc([N+](=O)[O-])cc2C12CCC2. The smallest absolute Gasteiger partial charge is 0.273 e. The molecule has 5 saturated carbocycles. The number of nitro groups is 4. The third kappa shape index (κ3) is 19.4. The normalized spacial score (nSPS) is 19.4. The third-order valence-electron chi connectivity index (χ3n) is 31.1. The summed E-state index contributed by atoms with van der Waals surface area (Å²) in [5.41, 5.74) is 15.7. The first-order valence-electron chi connectivity index (χ1n) is 48.3. The van der Waals surface area contributed by atoms with Crippen molar-refractivity contribution in [2.24, 2.45) is 0 Å². The number of ether oxygens (including phenoxy) is 6. The summed E-state index contributed by atoms with van der Waals surface area (Å²) in [5.74, 6) is 4.41. The van der Waals surface area contributed by atoms with Crippen molar-refractivity contribution in [1.82, 2.24) is 14.7 Å². The fraction of sp³-hybridized carbons (Fsp3) is 0.443. The van der Waals surface area contributed by atoms with Gasteiger partial charge in [-0.3, -0.25) is 64.4 Å². The lowest BCUT2D eigenvalue weighted by atomic mass is 9.64. The number of nitro benzene ring substituents is 4. The minimum Gasteiger partial charge on any atom is -0.505 e. The van der Waals surface area contributed by atoms with E-state index >= 15 is 0 Å². The third-order valence-corrected chi connectivity index (χ3v) is 32.4. The molecular formula is C106H118Br2N12O21. The molecule has 0 unspecified atom stereocenters. The van der Waals surface area contributed by atoms with Crippen LogP contribution < -0.4 is 53.8 Å². The Morgan fingerprint density at radius 2 is 0.652 bits per heavy atom. The van der Waals surface area contributed by atoms with Gasteiger partial charge in [0.2, 0.25) is 23.6 Å². The van der Waals surface area contributed by atoms with Crippen LogP contribution in [-0.4, -0.2) is 181 Å². The van der Waals surface area contributed by atoms with E-state index in [4.69, 9.17) is 39.3 Å². The average Bonchev–Trinajstić information content (AvgIpc) is 1.58. The number of phenolic OH excluding ortho intramolecular Hbond substituents is 1. The van der Waals surface area contributed by atoms with Gasteiger partial charge in [0.15, 0.2) is 5.75 Å². The Hall–Kier alpha value is -12.7. The number of Topliss-reactive ketones (excluding diaryl/α,β-unsaturated/α-hetero) is 1. The molecule has 742 valence electrons. The number of phenols is 1. The summed E-state index contributed by atoms with van der Waals surface area (Å²) < 4.78 is 35.1. The number of hydrogen-bond acceptors (Lipinski definition) is 25. The molecule has 35 heteroatoms. The van der Waals surface area contributed by atoms with Crippen molar-refractivity contribution < 1.29 is 82.3 Å². The minimum atomic E-state index is -0.731. The predicted octanol–water partition coefficient (Wildman–Crippen LogP) is 18.4. The van der Waals surface area contributed by atoms with Gasteiger partial charge >= 0.3 is 0 Å². The van der Waals surface area contributed by atoms with Crippen LogP contribution in [0.2, 0.25) is 0 Å². The highest BCUT2D eigenvalue weighted by Gasteiger charge is 2.61. The number of likely N-dealkylation sites (tertiary alicyclic amines) is 3. The van der Waals surface area contributed by atoms with Gasteiger partial charge < -0.3 is 78.7 Å². The number of ketones is 1. The van der Waals surface area contributed by atoms with E-state index in [1.807, 2.05) is 114 Å². The number of benzene rings is 9. The molecule has 7 aliphatic heterocycles. The molecular weight excluding hydrogens is 1940 g/mol. The molecule has 7 heterocycles. The largest absolute Gasteiger partial charge is 0.505 e. The number of hydrogen-bond donors (Lipinski definition) is 3. The number of nitrogen functional groups attached to an aromatic ring is 1. The van der Waals surface area contributed by atoms with Crippen LogP contribution in [0.3, 0.4) is 0 Å². The van der Waals surface area contributed by atoms with Gasteiger partial charge in [-0.05, 0) is 239 Å². The molecule has 4 amide bonds. The van der Waals surface area contributed by atoms with E-state index < -0.39 is 41.8 Å². The zero-order chi connectivity index (χ0) is 99.9. The Kier molecular flexibility index (Phi) is 29.1. The lowest BCUT2D eigenvalue weighted by Gasteiger charge is -2.37. The molecule has 0 radical (unpaired) electrons. The van der Waals surface area contributed by atoms with E-state index in [1.54, 1.807) is 61.3 Å². The highest BCUT2D eigenvalue weighted by molar-refractivity contribution is 9.11. The molecule has 141 heavy (non-hydrogen) atoms. The molecule has 8 fully saturated rings. The van der Waals surface area contributed by atoms with Crippen LogP contribution in [0.4, 0.5) is 51.2 Å². The Morgan fingerprint density at radius 1 is 0.369 bits per heavy atom. The van der Waals surface area contributed by atoms with Crippen LogP contribution >= 0.6 is 31.9 Å². The summed E-state index contributed by atoms with van der Waals surface area (Å²) in [6, 6.07) is 46.2. The highest BCUT2D eigenvalue weighted by atomic mass is 79.9. The van der Waals surface area contributed by atoms with Crippen LogP contribution in [0.15, 0.2) is 167 Å². The molecule has 13 aliphatic rings. The summed E-state index contributed by atoms with van der Waals surface area (Å²) in [7, 11) is 12.8. The number of rotatable bonds is 20. The van der Waals surface area contributed by atoms with E-state index in [-0.39, 0.29) is 81.1 Å². The molecule has 0 atom stereocenters. The number of amides is 4. The summed E-state index contributed by atoms with van der Waals surface area (Å²) in [6.07, 6.45) is 18.7. The number of anilines is 5. The summed E-state index contributed by atoms with van der Waals surface area (Å²) >= 11 is 6.80. The first kappa shape index (κ1) is 99.9. The van der Waals surface area contributed by atoms with Crippen LogP contribution in [0.25, 0.3) is 0 Å². The number of methoxy groups -OCH3 is 4. The zero-order valence-corrected chi connectivity index (χ0v) is 83.4. The summed E-state index contributed by atoms with van der Waals surface area (Å²) in [6.45, 7) is 7.62. The Morgan fingerprint density at radius 3 is 0.979 bits per heavy atom. The van der Waals surface area contributed by atoms with Crippen molar-refractivity contribution in [1.29, 1.82) is 0 Å². The number of nitrogens with two attached hydrogens (primary N) is 1. The fourth-order valence-corrected chi connectivity index (χ4v) is 23.4. The lowest BCUT2D eigenvalue weighted by Crippen LogP contribution is -2.44. The summed E-state index contributed by atoms with van der Waals surface area (Å²) in [4.78, 5) is 123. The topological polar surface area (TPSA) is 402 Å². The van der Waals surface area contributed by atoms with Gasteiger partial charge in [-0.25, -0.2) is 0 Å². The van der Waals surface area contributed by atoms with Crippen molar-refractivity contribution in [3.05, 3.63) is 263 Å². The Labute approximate surface area is 834 Å². The van der Waals surface area contributed by atoms with Gasteiger partial charge in [0, 0.05) is 114 Å². The van der Waals surface area contributed by atoms with Crippen molar-refractivity contribution in [2.45, 2.75) is 213 Å². The van der Waals surface area contributed by atoms with E-state index in [0.29, 0.717) is 95.6 Å². The van der Waals surface area contributed by atoms with Crippen LogP contribution in [-0.2, 0) is 83.6 Å². The number of halogens is 2. The highest BCUT2D eigenvalue weighted by Crippen LogP contribution is 2.63. The number of aliphatic hydroxyl groups is 1. The molecule has 3 saturated heterocycles. The molecule has 0 aromatic heterocycles. The number of non-ortho nitro benzene ring substituents is 4. The Balaban J connectivity index is 0.000000120. The van der Waals surface area contributed by atoms with Crippen molar-refractivity contribution in [3.63, 3.8) is 0 Å². The summed E-state index contributed by atoms with van der Waals surface area (Å²) in [5, 5.41) is 64.5. The fourth-order valence-electron chi connectivity index (χ4n) is 22.1. The molecule has 4 N–H and O–H groups in total. The number of piperidine rings is 3. The lowest BCUT2D eigenvalue weighted by molar-refractivity contribution is -0.385. The predicted molar refractivity (Wildman–Crippen MR) is 538 cm³/mol. The van der Waals surface area contributed by atoms with Crippen molar-refractivity contribution in [3.8, 4) is 40.2 Å². The zero-order valence-electron chi connectivity index (χ0n) is 80.3. The second-order valence-corrected chi connectivity index (χ2v) is 41.1. The number of aliphatic hydroxyl groups excluding tert-OH is 1. The minimum absolute atomic E-state index is 0.0120. The van der Waals surface area contributed by atoms with Crippen LogP contribution in [0, 0.1) is 40.5 Å². The molecule has 0 bridgehead atoms. The number of nitrogens with zero attached hydrogens (tertiary/aromatic N) is 11. The number of carbonyl (C=O) groups is 5. The van der Waals surface area contributed by atoms with Crippen molar-refractivity contribution in [2.75, 3.05) is 114 Å². The van der Waals surface area contributed by atoms with Gasteiger partial charge in [-0.15, -0.1) is 0 Å². The number of carbonyl (C=O) groups excluding carboxylic acids is 5. The monoisotopic (exact) mass is 2050 g/mol. The second kappa shape index (κ2) is 41.1. The standard InChI is InChI=1S/C25H29N3O5.C25H31N3O3.C19H17BrN2O4.C19H18N2O5.C12H10BrNO3.C6H13NO/c1-26-12-8-20(9-13-26)33-22-15-18(28(30)31)14-21-23(22)27(24(29)25(21)10-3-11-25)16-17-4-6-19(32-2)7-5-17;1-27-12-8-20(9-13-27)31-22-15-18(26)14-21-23(22)28(24(29)25(21)10-3-11-25)16-17-4-6-19(30-2)7-5-17;1-26-14-5-3-12(4-6-14)11-21-17-15(19(18(21)23)7-2-8-19)9-13(22(24)25)10-16(17)20;1-26-14-5-3-12(4-6-14)11-20-17-15(19(18(20)23)7-2-8-19)9-13(21(24)25)10-16(17)22;13-10-5-7(14(16)17)4-9-8(10)6-11(15)12(9)2-1-3-12;1-7-4-2-6(8)3-5-7/h4-7,14-15,20H,3,8-13,16H2,1-2H3;4-7,14-15,20H,3,8-13,16,26H2,1-2H3;3-6,9-10H,2,7-8,11H2,1H3;3-6,9-10,22H,2,7-8,11H2,1H3;4-5H,1-3,6H2;6,8H,2-5H2,1H3. The molecule has 6 aliphatic carbocycles. The maximum absolute atomic E-state index is 13.7. The molecule has 9 aromatic rings. The van der Waals surface area contributed by atoms with Gasteiger partial charge in [-0.1, -0.05) is 96.6 Å². The second-order valence-electron chi connectivity index (χ2n) is 39.4. The maximum Gasteiger partial charge on any atom is 0.273 e. The van der Waals surface area contributed by atoms with Crippen molar-refractivity contribution >= 4 is 112 Å². The Bertz CT molecular complexity index is 6140. The van der Waals surface area contributed by atoms with Gasteiger partial charge in [0.25, 0.3) is 22.7 Å². The van der Waals surface area contributed by atoms with Crippen LogP contribution in [0.1, 0.15) is 190 Å². The van der Waals surface area contributed by atoms with E-state index in [9.17, 15) is 69.5 Å². The van der Waals surface area contributed by atoms with E-state index in [0.717, 1.165) is 245 Å². The van der Waals surface area contributed by atoms with Gasteiger partial charge in [0.05, 0.1) is 142 Å². The first-order chi connectivity index (χ1) is 67.7. The molecule has 33 nitrogen and oxygen atoms in total. The van der Waals surface area contributed by atoms with E-state index in [2.05, 4.69) is 67.7 Å². The number of fused-ring (bicyclic) bond motifs is 10. The van der Waals surface area contributed by atoms with Gasteiger partial charge in [-0.2, -0.15) is 0 Å². The maximum atomic E-state index is 13.7. The molecule has 9 aromatic carbocycles. The van der Waals surface area contributed by atoms with Gasteiger partial charge in [0.1, 0.15) is 52.5 Å². The molecule has 22 rings (SSSR count). The van der Waals surface area contributed by atoms with Crippen LogP contribution in [0.5, 0.6) is 40.2 Å². The number of aromatic hydroxyl groups is 1. The van der Waals surface area contributed by atoms with E-state index in [1.165, 1.54) is 24.3 Å². The molecule has 5 spiro atoms. The quantitative estimate of drug-likeness (QED) is 0.0362.